The predicted octanol–water partition coefficient (Wildman–Crippen LogP) is 4.44. The van der Waals surface area contributed by atoms with Gasteiger partial charge in [-0.25, -0.2) is 9.18 Å². The molecule has 2 aromatic rings. The lowest BCUT2D eigenvalue weighted by Crippen LogP contribution is -2.53. The first kappa shape index (κ1) is 25.1. The predicted molar refractivity (Wildman–Crippen MR) is 126 cm³/mol. The van der Waals surface area contributed by atoms with Crippen molar-refractivity contribution in [2.24, 2.45) is 11.1 Å². The van der Waals surface area contributed by atoms with Crippen LogP contribution in [0.4, 0.5) is 9.18 Å². The second kappa shape index (κ2) is 10.1. The molecular formula is C24H31ClFN5O2. The third kappa shape index (κ3) is 6.26. The van der Waals surface area contributed by atoms with Gasteiger partial charge < -0.3 is 10.6 Å². The van der Waals surface area contributed by atoms with Gasteiger partial charge in [0, 0.05) is 35.4 Å². The monoisotopic (exact) mass is 475 g/mol. The summed E-state index contributed by atoms with van der Waals surface area (Å²) in [6.07, 6.45) is 4.24. The number of hydrogen-bond donors (Lipinski definition) is 1. The van der Waals surface area contributed by atoms with Gasteiger partial charge in [0.1, 0.15) is 6.17 Å². The number of nitrogens with zero attached hydrogens (tertiary/aromatic N) is 4. The van der Waals surface area contributed by atoms with E-state index in [0.717, 1.165) is 4.90 Å². The van der Waals surface area contributed by atoms with Crippen LogP contribution in [0.1, 0.15) is 46.1 Å². The first-order valence-corrected chi connectivity index (χ1v) is 11.4. The SMILES string of the molecule is CC1C[C@@H](F)CN1C(=O)N(Cc1cc(Cl)ccc1-c1cnccn1)C(=O)[C@H](N)CC(C)(C)C. The van der Waals surface area contributed by atoms with Crippen LogP contribution in [0.15, 0.2) is 36.8 Å². The minimum atomic E-state index is -1.12. The molecule has 0 saturated carbocycles. The quantitative estimate of drug-likeness (QED) is 0.690. The topological polar surface area (TPSA) is 92.4 Å². The second-order valence-corrected chi connectivity index (χ2v) is 10.2. The van der Waals surface area contributed by atoms with Crippen LogP contribution in [-0.2, 0) is 11.3 Å². The molecular weight excluding hydrogens is 445 g/mol. The highest BCUT2D eigenvalue weighted by molar-refractivity contribution is 6.30. The number of likely N-dealkylation sites (tertiary alicyclic amines) is 1. The maximum absolute atomic E-state index is 14.0. The molecule has 7 nitrogen and oxygen atoms in total. The molecule has 0 aliphatic carbocycles. The van der Waals surface area contributed by atoms with Crippen molar-refractivity contribution in [2.75, 3.05) is 6.54 Å². The summed E-state index contributed by atoms with van der Waals surface area (Å²) in [6.45, 7) is 7.59. The van der Waals surface area contributed by atoms with Crippen LogP contribution in [0.25, 0.3) is 11.3 Å². The van der Waals surface area contributed by atoms with Gasteiger partial charge in [-0.05, 0) is 36.5 Å². The second-order valence-electron chi connectivity index (χ2n) is 9.80. The number of nitrogens with two attached hydrogens (primary N) is 1. The van der Waals surface area contributed by atoms with Gasteiger partial charge in [-0.15, -0.1) is 0 Å². The highest BCUT2D eigenvalue weighted by Crippen LogP contribution is 2.29. The Bertz CT molecular complexity index is 998. The molecule has 1 fully saturated rings. The van der Waals surface area contributed by atoms with Crippen molar-refractivity contribution >= 4 is 23.5 Å². The summed E-state index contributed by atoms with van der Waals surface area (Å²) < 4.78 is 14.0. The molecule has 0 spiro atoms. The first-order chi connectivity index (χ1) is 15.5. The third-order valence-corrected chi connectivity index (χ3v) is 5.89. The summed E-state index contributed by atoms with van der Waals surface area (Å²) >= 11 is 6.26. The molecule has 33 heavy (non-hydrogen) atoms. The molecule has 1 aromatic heterocycles. The number of benzene rings is 1. The number of imide groups is 1. The highest BCUT2D eigenvalue weighted by atomic mass is 35.5. The smallest absolute Gasteiger partial charge is 0.320 e. The van der Waals surface area contributed by atoms with Crippen molar-refractivity contribution in [1.82, 2.24) is 19.8 Å². The van der Waals surface area contributed by atoms with Crippen molar-refractivity contribution in [3.05, 3.63) is 47.4 Å². The van der Waals surface area contributed by atoms with Crippen LogP contribution in [0.5, 0.6) is 0 Å². The average Bonchev–Trinajstić information content (AvgIpc) is 3.08. The Morgan fingerprint density at radius 3 is 2.64 bits per heavy atom. The van der Waals surface area contributed by atoms with Crippen molar-refractivity contribution in [3.8, 4) is 11.3 Å². The van der Waals surface area contributed by atoms with E-state index < -0.39 is 24.2 Å². The Balaban J connectivity index is 1.99. The van der Waals surface area contributed by atoms with Crippen LogP contribution >= 0.6 is 11.6 Å². The number of alkyl halides is 1. The fraction of sp³-hybridized carbons (Fsp3) is 0.500. The molecule has 1 aromatic carbocycles. The fourth-order valence-electron chi connectivity index (χ4n) is 4.13. The van der Waals surface area contributed by atoms with Crippen LogP contribution in [-0.4, -0.2) is 56.5 Å². The van der Waals surface area contributed by atoms with Gasteiger partial charge in [-0.2, -0.15) is 0 Å². The zero-order chi connectivity index (χ0) is 24.3. The maximum Gasteiger partial charge on any atom is 0.327 e. The molecule has 0 bridgehead atoms. The normalized spacial score (nSPS) is 19.4. The van der Waals surface area contributed by atoms with Crippen molar-refractivity contribution < 1.29 is 14.0 Å². The molecule has 3 amide bonds. The summed E-state index contributed by atoms with van der Waals surface area (Å²) in [4.78, 5) is 37.9. The summed E-state index contributed by atoms with van der Waals surface area (Å²) in [6, 6.07) is 3.43. The average molecular weight is 476 g/mol. The summed E-state index contributed by atoms with van der Waals surface area (Å²) in [5, 5.41) is 0.454. The Kier molecular flexibility index (Phi) is 7.69. The van der Waals surface area contributed by atoms with Gasteiger partial charge in [0.25, 0.3) is 0 Å². The molecule has 1 aliphatic heterocycles. The minimum Gasteiger partial charge on any atom is -0.320 e. The van der Waals surface area contributed by atoms with Gasteiger partial charge in [0.05, 0.1) is 31.0 Å². The molecule has 2 heterocycles. The number of aromatic nitrogens is 2. The van der Waals surface area contributed by atoms with Gasteiger partial charge in [0.2, 0.25) is 5.91 Å². The van der Waals surface area contributed by atoms with Crippen LogP contribution < -0.4 is 5.73 Å². The summed E-state index contributed by atoms with van der Waals surface area (Å²) in [5.41, 5.74) is 7.94. The number of hydrogen-bond acceptors (Lipinski definition) is 5. The summed E-state index contributed by atoms with van der Waals surface area (Å²) in [7, 11) is 0. The van der Waals surface area contributed by atoms with Gasteiger partial charge >= 0.3 is 6.03 Å². The standard InChI is InChI=1S/C24H31ClFN5O2/c1-15-9-18(26)14-30(15)23(33)31(22(32)20(27)11-24(2,3)4)13-16-10-17(25)5-6-19(16)21-12-28-7-8-29-21/h5-8,10,12,15,18,20H,9,11,13-14,27H2,1-4H3/t15?,18-,20-/m1/s1. The molecule has 0 radical (unpaired) electrons. The van der Waals surface area contributed by atoms with Crippen molar-refractivity contribution in [1.29, 1.82) is 0 Å². The van der Waals surface area contributed by atoms with Gasteiger partial charge in [-0.3, -0.25) is 19.7 Å². The number of amides is 3. The van der Waals surface area contributed by atoms with E-state index >= 15 is 0 Å². The van der Waals surface area contributed by atoms with E-state index in [1.54, 1.807) is 43.7 Å². The number of carbonyl (C=O) groups is 2. The Hall–Kier alpha value is -2.58. The van der Waals surface area contributed by atoms with Crippen LogP contribution in [0.2, 0.25) is 5.02 Å². The van der Waals surface area contributed by atoms with E-state index in [9.17, 15) is 14.0 Å². The number of urea groups is 1. The lowest BCUT2D eigenvalue weighted by molar-refractivity contribution is -0.131. The first-order valence-electron chi connectivity index (χ1n) is 11.0. The highest BCUT2D eigenvalue weighted by Gasteiger charge is 2.38. The van der Waals surface area contributed by atoms with E-state index in [0.29, 0.717) is 28.3 Å². The van der Waals surface area contributed by atoms with Gasteiger partial charge in [-0.1, -0.05) is 38.4 Å². The number of carbonyl (C=O) groups excluding carboxylic acids is 2. The lowest BCUT2D eigenvalue weighted by Gasteiger charge is -2.32. The molecule has 1 saturated heterocycles. The molecule has 178 valence electrons. The molecule has 3 atom stereocenters. The zero-order valence-corrected chi connectivity index (χ0v) is 20.2. The van der Waals surface area contributed by atoms with Crippen molar-refractivity contribution in [2.45, 2.75) is 65.3 Å². The van der Waals surface area contributed by atoms with E-state index in [4.69, 9.17) is 17.3 Å². The minimum absolute atomic E-state index is 0.0507. The molecule has 2 N–H and O–H groups in total. The van der Waals surface area contributed by atoms with E-state index in [2.05, 4.69) is 9.97 Å². The Labute approximate surface area is 199 Å². The Morgan fingerprint density at radius 1 is 1.33 bits per heavy atom. The number of rotatable bonds is 5. The fourth-order valence-corrected chi connectivity index (χ4v) is 4.32. The lowest BCUT2D eigenvalue weighted by atomic mass is 9.88. The van der Waals surface area contributed by atoms with E-state index in [1.165, 1.54) is 4.90 Å². The molecule has 9 heteroatoms. The third-order valence-electron chi connectivity index (χ3n) is 5.65. The van der Waals surface area contributed by atoms with E-state index in [1.807, 2.05) is 20.8 Å². The molecule has 3 rings (SSSR count). The van der Waals surface area contributed by atoms with Crippen LogP contribution in [0.3, 0.4) is 0 Å². The zero-order valence-electron chi connectivity index (χ0n) is 19.5. The Morgan fingerprint density at radius 2 is 2.06 bits per heavy atom. The summed E-state index contributed by atoms with van der Waals surface area (Å²) in [5.74, 6) is -0.505. The van der Waals surface area contributed by atoms with Crippen molar-refractivity contribution in [3.63, 3.8) is 0 Å². The molecule has 1 aliphatic rings. The molecule has 1 unspecified atom stereocenters. The van der Waals surface area contributed by atoms with E-state index in [-0.39, 0.29) is 31.0 Å². The largest absolute Gasteiger partial charge is 0.327 e. The van der Waals surface area contributed by atoms with Crippen LogP contribution in [0, 0.1) is 5.41 Å². The van der Waals surface area contributed by atoms with Gasteiger partial charge in [0.15, 0.2) is 0 Å². The number of halogens is 2. The maximum atomic E-state index is 14.0.